The minimum Gasteiger partial charge on any atom is -0.375 e. The molecule has 0 bridgehead atoms. The molecule has 2 aliphatic carbocycles. The van der Waals surface area contributed by atoms with Crippen LogP contribution in [0.2, 0.25) is 0 Å². The first-order valence-corrected chi connectivity index (χ1v) is 14.6. The lowest BCUT2D eigenvalue weighted by Crippen LogP contribution is -2.41. The third-order valence-corrected chi connectivity index (χ3v) is 8.87. The van der Waals surface area contributed by atoms with Gasteiger partial charge in [-0.1, -0.05) is 37.3 Å². The van der Waals surface area contributed by atoms with Gasteiger partial charge in [-0.15, -0.1) is 11.3 Å². The molecule has 2 heterocycles. The predicted octanol–water partition coefficient (Wildman–Crippen LogP) is 5.13. The maximum Gasteiger partial charge on any atom is 0.271 e. The van der Waals surface area contributed by atoms with Gasteiger partial charge in [0.15, 0.2) is 5.13 Å². The van der Waals surface area contributed by atoms with Gasteiger partial charge in [0.1, 0.15) is 5.69 Å². The number of carbonyl (C=O) groups is 1. The zero-order chi connectivity index (χ0) is 25.6. The Morgan fingerprint density at radius 2 is 1.89 bits per heavy atom. The summed E-state index contributed by atoms with van der Waals surface area (Å²) in [6, 6.07) is 10.7. The Morgan fingerprint density at radius 1 is 1.08 bits per heavy atom. The Kier molecular flexibility index (Phi) is 8.46. The largest absolute Gasteiger partial charge is 0.375 e. The quantitative estimate of drug-likeness (QED) is 0.408. The molecule has 37 heavy (non-hydrogen) atoms. The number of fused-ring (bicyclic) bond motifs is 1. The number of nitrogens with zero attached hydrogens (tertiary/aromatic N) is 4. The van der Waals surface area contributed by atoms with Crippen LogP contribution >= 0.6 is 11.3 Å². The lowest BCUT2D eigenvalue weighted by Gasteiger charge is -2.36. The first-order valence-electron chi connectivity index (χ1n) is 13.8. The Morgan fingerprint density at radius 3 is 2.62 bits per heavy atom. The number of hydrogen-bond donors (Lipinski definition) is 2. The zero-order valence-electron chi connectivity index (χ0n) is 21.7. The number of thiazole rings is 1. The van der Waals surface area contributed by atoms with Crippen molar-refractivity contribution in [2.75, 3.05) is 18.8 Å². The maximum atomic E-state index is 12.8. The van der Waals surface area contributed by atoms with Gasteiger partial charge in [0.05, 0.1) is 23.8 Å². The van der Waals surface area contributed by atoms with Crippen molar-refractivity contribution in [3.05, 3.63) is 59.0 Å². The Hall–Kier alpha value is -2.84. The molecule has 3 N–H and O–H groups in total. The van der Waals surface area contributed by atoms with Crippen LogP contribution in [0.1, 0.15) is 72.9 Å². The van der Waals surface area contributed by atoms with Crippen LogP contribution < -0.4 is 11.1 Å². The standard InChI is InChI=1S/C29H38N6OS/c1-2-15-35(23-12-13-24-27(17-23)37-29(30)34-24)16-14-20-8-10-22(11-9-20)33-28(36)26-19-31-25(18-32-26)21-6-4-3-5-7-21/h3-7,18-20,22-23H,2,8-17H2,1H3,(H2,30,34)(H,33,36)/t20?,22?,23-/m0/s1. The van der Waals surface area contributed by atoms with E-state index in [2.05, 4.69) is 32.1 Å². The molecule has 1 fully saturated rings. The summed E-state index contributed by atoms with van der Waals surface area (Å²) in [4.78, 5) is 30.2. The van der Waals surface area contributed by atoms with Gasteiger partial charge in [0.25, 0.3) is 5.91 Å². The molecule has 1 atom stereocenters. The first-order chi connectivity index (χ1) is 18.1. The van der Waals surface area contributed by atoms with E-state index < -0.39 is 0 Å². The van der Waals surface area contributed by atoms with Crippen LogP contribution in [0.4, 0.5) is 5.13 Å². The number of hydrogen-bond acceptors (Lipinski definition) is 7. The van der Waals surface area contributed by atoms with E-state index in [1.807, 2.05) is 30.3 Å². The Bertz CT molecular complexity index is 1160. The molecule has 8 heteroatoms. The molecule has 1 saturated carbocycles. The van der Waals surface area contributed by atoms with Crippen molar-refractivity contribution in [1.29, 1.82) is 0 Å². The van der Waals surface area contributed by atoms with Gasteiger partial charge >= 0.3 is 0 Å². The summed E-state index contributed by atoms with van der Waals surface area (Å²) in [5.74, 6) is 0.612. The molecule has 2 aliphatic rings. The number of rotatable bonds is 9. The molecule has 2 aromatic heterocycles. The number of aryl methyl sites for hydroxylation is 1. The number of nitrogen functional groups attached to an aromatic ring is 1. The normalized spacial score (nSPS) is 21.5. The number of anilines is 1. The summed E-state index contributed by atoms with van der Waals surface area (Å²) in [5.41, 5.74) is 9.35. The minimum atomic E-state index is -0.120. The van der Waals surface area contributed by atoms with Crippen molar-refractivity contribution >= 4 is 22.4 Å². The van der Waals surface area contributed by atoms with E-state index in [4.69, 9.17) is 5.73 Å². The van der Waals surface area contributed by atoms with E-state index in [0.717, 1.165) is 55.9 Å². The molecular weight excluding hydrogens is 480 g/mol. The van der Waals surface area contributed by atoms with E-state index in [0.29, 0.717) is 16.9 Å². The number of aromatic nitrogens is 3. The highest BCUT2D eigenvalue weighted by molar-refractivity contribution is 7.15. The second-order valence-corrected chi connectivity index (χ2v) is 11.6. The topological polar surface area (TPSA) is 97.0 Å². The maximum absolute atomic E-state index is 12.8. The average molecular weight is 519 g/mol. The molecule has 1 aromatic carbocycles. The molecular formula is C29H38N6OS. The smallest absolute Gasteiger partial charge is 0.271 e. The van der Waals surface area contributed by atoms with Crippen LogP contribution in [0.5, 0.6) is 0 Å². The first kappa shape index (κ1) is 25.8. The third-order valence-electron chi connectivity index (χ3n) is 7.92. The molecule has 196 valence electrons. The number of benzene rings is 1. The van der Waals surface area contributed by atoms with E-state index in [9.17, 15) is 4.79 Å². The van der Waals surface area contributed by atoms with Crippen molar-refractivity contribution in [2.45, 2.75) is 76.8 Å². The number of nitrogens with one attached hydrogen (secondary N) is 1. The third kappa shape index (κ3) is 6.54. The van der Waals surface area contributed by atoms with Gasteiger partial charge in [-0.25, -0.2) is 9.97 Å². The molecule has 0 saturated heterocycles. The predicted molar refractivity (Wildman–Crippen MR) is 150 cm³/mol. The van der Waals surface area contributed by atoms with Gasteiger partial charge < -0.3 is 16.0 Å². The number of amides is 1. The van der Waals surface area contributed by atoms with E-state index >= 15 is 0 Å². The molecule has 7 nitrogen and oxygen atoms in total. The van der Waals surface area contributed by atoms with Crippen molar-refractivity contribution < 1.29 is 4.79 Å². The summed E-state index contributed by atoms with van der Waals surface area (Å²) in [5, 5.41) is 3.91. The monoisotopic (exact) mass is 518 g/mol. The van der Waals surface area contributed by atoms with Gasteiger partial charge in [0, 0.05) is 22.5 Å². The molecule has 0 spiro atoms. The van der Waals surface area contributed by atoms with E-state index in [1.54, 1.807) is 23.7 Å². The number of nitrogens with two attached hydrogens (primary N) is 1. The SMILES string of the molecule is CCCN(CCC1CCC(NC(=O)c2cnc(-c3ccccc3)cn2)CC1)[C@H]1CCc2nc(N)sc2C1. The van der Waals surface area contributed by atoms with Gasteiger partial charge in [0.2, 0.25) is 0 Å². The fourth-order valence-corrected chi connectivity index (χ4v) is 6.81. The summed E-state index contributed by atoms with van der Waals surface area (Å²) in [7, 11) is 0. The van der Waals surface area contributed by atoms with Crippen molar-refractivity contribution in [2.24, 2.45) is 5.92 Å². The Labute approximate surface area is 223 Å². The van der Waals surface area contributed by atoms with Crippen LogP contribution in [0, 0.1) is 5.92 Å². The molecule has 3 aromatic rings. The molecule has 0 radical (unpaired) electrons. The highest BCUT2D eigenvalue weighted by atomic mass is 32.1. The summed E-state index contributed by atoms with van der Waals surface area (Å²) >= 11 is 1.68. The summed E-state index contributed by atoms with van der Waals surface area (Å²) in [6.45, 7) is 4.59. The van der Waals surface area contributed by atoms with Crippen molar-refractivity contribution in [3.8, 4) is 11.3 Å². The lowest BCUT2D eigenvalue weighted by atomic mass is 9.83. The molecule has 1 amide bonds. The average Bonchev–Trinajstić information content (AvgIpc) is 3.31. The molecule has 0 aliphatic heterocycles. The highest BCUT2D eigenvalue weighted by Gasteiger charge is 2.28. The van der Waals surface area contributed by atoms with Crippen LogP contribution in [0.25, 0.3) is 11.3 Å². The van der Waals surface area contributed by atoms with Crippen LogP contribution in [0.3, 0.4) is 0 Å². The van der Waals surface area contributed by atoms with Gasteiger partial charge in [-0.2, -0.15) is 0 Å². The Balaban J connectivity index is 1.07. The van der Waals surface area contributed by atoms with Gasteiger partial charge in [-0.05, 0) is 76.8 Å². The fourth-order valence-electron chi connectivity index (χ4n) is 5.86. The van der Waals surface area contributed by atoms with Crippen molar-refractivity contribution in [3.63, 3.8) is 0 Å². The van der Waals surface area contributed by atoms with Crippen LogP contribution in [-0.4, -0.2) is 50.9 Å². The van der Waals surface area contributed by atoms with Crippen LogP contribution in [-0.2, 0) is 12.8 Å². The van der Waals surface area contributed by atoms with Gasteiger partial charge in [-0.3, -0.25) is 9.78 Å². The zero-order valence-corrected chi connectivity index (χ0v) is 22.6. The summed E-state index contributed by atoms with van der Waals surface area (Å²) in [6.07, 6.45) is 13.4. The molecule has 5 rings (SSSR count). The lowest BCUT2D eigenvalue weighted by molar-refractivity contribution is 0.0912. The molecule has 0 unspecified atom stereocenters. The van der Waals surface area contributed by atoms with Crippen molar-refractivity contribution in [1.82, 2.24) is 25.2 Å². The van der Waals surface area contributed by atoms with E-state index in [1.165, 1.54) is 42.7 Å². The fraction of sp³-hybridized carbons (Fsp3) is 0.517. The second kappa shape index (κ2) is 12.1. The summed E-state index contributed by atoms with van der Waals surface area (Å²) < 4.78 is 0. The number of carbonyl (C=O) groups excluding carboxylic acids is 1. The van der Waals surface area contributed by atoms with Crippen LogP contribution in [0.15, 0.2) is 42.7 Å². The van der Waals surface area contributed by atoms with E-state index in [-0.39, 0.29) is 11.9 Å². The highest BCUT2D eigenvalue weighted by Crippen LogP contribution is 2.32. The second-order valence-electron chi connectivity index (χ2n) is 10.5. The minimum absolute atomic E-state index is 0.120.